The lowest BCUT2D eigenvalue weighted by atomic mass is 9.95. The molecule has 0 bridgehead atoms. The van der Waals surface area contributed by atoms with Gasteiger partial charge in [0.15, 0.2) is 0 Å². The summed E-state index contributed by atoms with van der Waals surface area (Å²) in [4.78, 5) is 0. The molecular weight excluding hydrogens is 384 g/mol. The van der Waals surface area contributed by atoms with E-state index in [1.54, 1.807) is 0 Å². The van der Waals surface area contributed by atoms with Gasteiger partial charge in [0.25, 0.3) is 0 Å². The van der Waals surface area contributed by atoms with E-state index in [0.717, 1.165) is 38.7 Å². The minimum atomic E-state index is 0.0829. The zero-order valence-corrected chi connectivity index (χ0v) is 14.8. The zero-order chi connectivity index (χ0) is 14.7. The summed E-state index contributed by atoms with van der Waals surface area (Å²) in [7, 11) is 1.95. The molecule has 0 aliphatic rings. The summed E-state index contributed by atoms with van der Waals surface area (Å²) < 4.78 is 4.02. The molecule has 5 heteroatoms. The molecule has 2 rings (SSSR count). The Hall–Kier alpha value is -0.650. The summed E-state index contributed by atoms with van der Waals surface area (Å²) in [5, 5.41) is 14.2. The molecule has 0 fully saturated rings. The number of aliphatic hydroxyl groups excluding tert-OH is 1. The van der Waals surface area contributed by atoms with Gasteiger partial charge in [-0.05, 0) is 46.5 Å². The van der Waals surface area contributed by atoms with Crippen LogP contribution in [0, 0.1) is 0 Å². The first kappa shape index (κ1) is 15.7. The number of hydrogen-bond donors (Lipinski definition) is 1. The molecule has 1 unspecified atom stereocenters. The topological polar surface area (TPSA) is 38.0 Å². The number of benzene rings is 1. The fourth-order valence-corrected chi connectivity index (χ4v) is 3.34. The molecule has 1 aromatic heterocycles. The number of aliphatic hydroxyl groups is 1. The van der Waals surface area contributed by atoms with Crippen LogP contribution in [0.25, 0.3) is 0 Å². The number of hydrogen-bond acceptors (Lipinski definition) is 2. The van der Waals surface area contributed by atoms with Gasteiger partial charge >= 0.3 is 0 Å². The molecule has 0 amide bonds. The first-order valence-electron chi connectivity index (χ1n) is 6.63. The molecule has 0 saturated carbocycles. The SMILES string of the molecule is CCc1nn(C)c(CC(CO)c2ccc(Br)cc2)c1Br. The van der Waals surface area contributed by atoms with Crippen LogP contribution in [0.5, 0.6) is 0 Å². The van der Waals surface area contributed by atoms with Crippen molar-refractivity contribution in [3.05, 3.63) is 50.2 Å². The number of halogens is 2. The Bertz CT molecular complexity index is 578. The molecule has 2 aromatic rings. The van der Waals surface area contributed by atoms with Crippen molar-refractivity contribution in [2.75, 3.05) is 6.61 Å². The number of nitrogens with zero attached hydrogens (tertiary/aromatic N) is 2. The lowest BCUT2D eigenvalue weighted by Gasteiger charge is -2.15. The van der Waals surface area contributed by atoms with Gasteiger partial charge in [0.2, 0.25) is 0 Å². The lowest BCUT2D eigenvalue weighted by Crippen LogP contribution is -2.11. The van der Waals surface area contributed by atoms with Gasteiger partial charge in [0.05, 0.1) is 22.5 Å². The minimum Gasteiger partial charge on any atom is -0.396 e. The Balaban J connectivity index is 2.26. The van der Waals surface area contributed by atoms with Gasteiger partial charge in [-0.2, -0.15) is 5.10 Å². The van der Waals surface area contributed by atoms with Gasteiger partial charge in [-0.1, -0.05) is 35.0 Å². The van der Waals surface area contributed by atoms with E-state index >= 15 is 0 Å². The molecule has 20 heavy (non-hydrogen) atoms. The van der Waals surface area contributed by atoms with E-state index in [2.05, 4.69) is 56.0 Å². The number of aryl methyl sites for hydroxylation is 2. The van der Waals surface area contributed by atoms with Crippen LogP contribution in [0.2, 0.25) is 0 Å². The Morgan fingerprint density at radius 2 is 1.90 bits per heavy atom. The smallest absolute Gasteiger partial charge is 0.0766 e. The van der Waals surface area contributed by atoms with Crippen LogP contribution >= 0.6 is 31.9 Å². The van der Waals surface area contributed by atoms with Crippen molar-refractivity contribution in [3.63, 3.8) is 0 Å². The molecule has 108 valence electrons. The van der Waals surface area contributed by atoms with Gasteiger partial charge in [-0.3, -0.25) is 4.68 Å². The molecule has 3 nitrogen and oxygen atoms in total. The average Bonchev–Trinajstić information content (AvgIpc) is 2.72. The van der Waals surface area contributed by atoms with Crippen LogP contribution in [0.3, 0.4) is 0 Å². The first-order valence-corrected chi connectivity index (χ1v) is 8.22. The Kier molecular flexibility index (Phi) is 5.41. The maximum absolute atomic E-state index is 9.70. The third-order valence-electron chi connectivity index (χ3n) is 3.50. The lowest BCUT2D eigenvalue weighted by molar-refractivity contribution is 0.263. The standard InChI is InChI=1S/C15H18Br2N2O/c1-3-13-15(17)14(19(2)18-13)8-11(9-20)10-4-6-12(16)7-5-10/h4-7,11,20H,3,8-9H2,1-2H3. The van der Waals surface area contributed by atoms with Crippen molar-refractivity contribution >= 4 is 31.9 Å². The highest BCUT2D eigenvalue weighted by atomic mass is 79.9. The van der Waals surface area contributed by atoms with Gasteiger partial charge in [-0.25, -0.2) is 0 Å². The number of rotatable bonds is 5. The predicted molar refractivity (Wildman–Crippen MR) is 88.0 cm³/mol. The highest BCUT2D eigenvalue weighted by Crippen LogP contribution is 2.28. The molecule has 0 aliphatic heterocycles. The molecule has 1 atom stereocenters. The molecule has 1 heterocycles. The summed E-state index contributed by atoms with van der Waals surface area (Å²) in [6, 6.07) is 8.12. The summed E-state index contributed by atoms with van der Waals surface area (Å²) >= 11 is 7.07. The molecule has 1 N–H and O–H groups in total. The van der Waals surface area contributed by atoms with E-state index in [1.807, 2.05) is 23.9 Å². The van der Waals surface area contributed by atoms with Gasteiger partial charge < -0.3 is 5.11 Å². The summed E-state index contributed by atoms with van der Waals surface area (Å²) in [6.45, 7) is 2.22. The zero-order valence-electron chi connectivity index (χ0n) is 11.6. The van der Waals surface area contributed by atoms with E-state index in [-0.39, 0.29) is 12.5 Å². The van der Waals surface area contributed by atoms with Crippen LogP contribution in [0.15, 0.2) is 33.2 Å². The maximum Gasteiger partial charge on any atom is 0.0766 e. The average molecular weight is 402 g/mol. The Morgan fingerprint density at radius 3 is 2.40 bits per heavy atom. The minimum absolute atomic E-state index is 0.0829. The van der Waals surface area contributed by atoms with Crippen LogP contribution in [0.4, 0.5) is 0 Å². The van der Waals surface area contributed by atoms with E-state index in [0.29, 0.717) is 0 Å². The van der Waals surface area contributed by atoms with Crippen molar-refractivity contribution in [2.45, 2.75) is 25.7 Å². The van der Waals surface area contributed by atoms with Crippen LogP contribution in [0.1, 0.15) is 29.8 Å². The van der Waals surface area contributed by atoms with Gasteiger partial charge in [-0.15, -0.1) is 0 Å². The fraction of sp³-hybridized carbons (Fsp3) is 0.400. The summed E-state index contributed by atoms with van der Waals surface area (Å²) in [6.07, 6.45) is 1.67. The van der Waals surface area contributed by atoms with E-state index in [1.165, 1.54) is 0 Å². The maximum atomic E-state index is 9.70. The van der Waals surface area contributed by atoms with Crippen LogP contribution < -0.4 is 0 Å². The van der Waals surface area contributed by atoms with Crippen molar-refractivity contribution in [1.29, 1.82) is 0 Å². The molecule has 0 spiro atoms. The van der Waals surface area contributed by atoms with Crippen LogP contribution in [-0.4, -0.2) is 21.5 Å². The van der Waals surface area contributed by atoms with Crippen molar-refractivity contribution in [3.8, 4) is 0 Å². The summed E-state index contributed by atoms with van der Waals surface area (Å²) in [5.41, 5.74) is 3.33. The van der Waals surface area contributed by atoms with Crippen LogP contribution in [-0.2, 0) is 19.9 Å². The quantitative estimate of drug-likeness (QED) is 0.826. The first-order chi connectivity index (χ1) is 9.56. The van der Waals surface area contributed by atoms with Crippen molar-refractivity contribution in [1.82, 2.24) is 9.78 Å². The largest absolute Gasteiger partial charge is 0.396 e. The predicted octanol–water partition coefficient (Wildman–Crippen LogP) is 3.83. The van der Waals surface area contributed by atoms with E-state index < -0.39 is 0 Å². The monoisotopic (exact) mass is 400 g/mol. The fourth-order valence-electron chi connectivity index (χ4n) is 2.30. The van der Waals surface area contributed by atoms with E-state index in [9.17, 15) is 5.11 Å². The van der Waals surface area contributed by atoms with Crippen molar-refractivity contribution in [2.24, 2.45) is 7.05 Å². The second kappa shape index (κ2) is 6.87. The second-order valence-electron chi connectivity index (χ2n) is 4.82. The third kappa shape index (κ3) is 3.32. The molecular formula is C15H18Br2N2O. The Labute approximate surface area is 136 Å². The second-order valence-corrected chi connectivity index (χ2v) is 6.53. The summed E-state index contributed by atoms with van der Waals surface area (Å²) in [5.74, 6) is 0.0829. The van der Waals surface area contributed by atoms with Crippen molar-refractivity contribution < 1.29 is 5.11 Å². The normalized spacial score (nSPS) is 12.7. The van der Waals surface area contributed by atoms with Gasteiger partial charge in [0, 0.05) is 17.4 Å². The molecule has 0 aliphatic carbocycles. The van der Waals surface area contributed by atoms with Gasteiger partial charge in [0.1, 0.15) is 0 Å². The van der Waals surface area contributed by atoms with E-state index in [4.69, 9.17) is 0 Å². The molecule has 0 saturated heterocycles. The highest BCUT2D eigenvalue weighted by Gasteiger charge is 2.18. The highest BCUT2D eigenvalue weighted by molar-refractivity contribution is 9.10. The molecule has 1 aromatic carbocycles. The molecule has 0 radical (unpaired) electrons. The number of aromatic nitrogens is 2. The Morgan fingerprint density at radius 1 is 1.25 bits per heavy atom. The third-order valence-corrected chi connectivity index (χ3v) is 4.95.